The molecule has 1 aromatic heterocycles. The Balaban J connectivity index is 1.95. The molecule has 1 aromatic carbocycles. The van der Waals surface area contributed by atoms with Gasteiger partial charge in [-0.15, -0.1) is 0 Å². The van der Waals surface area contributed by atoms with Gasteiger partial charge in [0.05, 0.1) is 24.3 Å². The molecule has 1 fully saturated rings. The maximum Gasteiger partial charge on any atom is 0.143 e. The first-order valence-corrected chi connectivity index (χ1v) is 7.56. The molecule has 0 radical (unpaired) electrons. The maximum absolute atomic E-state index is 10.2. The first kappa shape index (κ1) is 15.0. The van der Waals surface area contributed by atoms with E-state index in [1.165, 1.54) is 0 Å². The summed E-state index contributed by atoms with van der Waals surface area (Å²) in [4.78, 5) is 4.45. The van der Waals surface area contributed by atoms with Crippen molar-refractivity contribution in [1.82, 2.24) is 14.9 Å². The Morgan fingerprint density at radius 3 is 3.05 bits per heavy atom. The molecule has 118 valence electrons. The summed E-state index contributed by atoms with van der Waals surface area (Å²) in [5.41, 5.74) is 0.867. The van der Waals surface area contributed by atoms with E-state index in [1.807, 2.05) is 35.0 Å². The zero-order valence-corrected chi connectivity index (χ0v) is 12.4. The lowest BCUT2D eigenvalue weighted by Gasteiger charge is -2.30. The minimum absolute atomic E-state index is 0.00430. The predicted octanol–water partition coefficient (Wildman–Crippen LogP) is 0.816. The second-order valence-corrected chi connectivity index (χ2v) is 5.35. The van der Waals surface area contributed by atoms with E-state index in [4.69, 9.17) is 9.84 Å². The van der Waals surface area contributed by atoms with Crippen LogP contribution in [0.4, 0.5) is 0 Å². The highest BCUT2D eigenvalue weighted by atomic mass is 16.5. The van der Waals surface area contributed by atoms with Crippen LogP contribution in [0, 0.1) is 0 Å². The molecule has 3 N–H and O–H groups in total. The molecule has 2 aromatic rings. The molecule has 1 aliphatic rings. The molecule has 3 rings (SSSR count). The van der Waals surface area contributed by atoms with E-state index >= 15 is 0 Å². The number of nitrogens with one attached hydrogen (secondary N) is 1. The number of hydrogen-bond donors (Lipinski definition) is 3. The first-order chi connectivity index (χ1) is 10.8. The van der Waals surface area contributed by atoms with E-state index in [1.54, 1.807) is 6.20 Å². The Hall–Kier alpha value is -1.89. The summed E-state index contributed by atoms with van der Waals surface area (Å²) in [6, 6.07) is 7.63. The van der Waals surface area contributed by atoms with Gasteiger partial charge in [0.15, 0.2) is 0 Å². The maximum atomic E-state index is 10.2. The first-order valence-electron chi connectivity index (χ1n) is 7.56. The van der Waals surface area contributed by atoms with Crippen LogP contribution in [0.1, 0.15) is 12.5 Å². The molecule has 0 spiro atoms. The van der Waals surface area contributed by atoms with Crippen LogP contribution in [0.3, 0.4) is 0 Å². The van der Waals surface area contributed by atoms with Gasteiger partial charge in [0.1, 0.15) is 18.2 Å². The molecule has 1 aliphatic heterocycles. The van der Waals surface area contributed by atoms with Gasteiger partial charge in [-0.25, -0.2) is 4.98 Å². The number of nitrogens with zero attached hydrogens (tertiary/aromatic N) is 2. The predicted molar refractivity (Wildman–Crippen MR) is 82.8 cm³/mol. The van der Waals surface area contributed by atoms with Crippen molar-refractivity contribution in [2.45, 2.75) is 18.6 Å². The third kappa shape index (κ3) is 2.99. The Morgan fingerprint density at radius 2 is 2.23 bits per heavy atom. The highest BCUT2D eigenvalue weighted by Crippen LogP contribution is 2.32. The number of rotatable bonds is 5. The van der Waals surface area contributed by atoms with Gasteiger partial charge in [0.2, 0.25) is 0 Å². The second kappa shape index (κ2) is 6.91. The summed E-state index contributed by atoms with van der Waals surface area (Å²) in [5.74, 6) is 1.46. The summed E-state index contributed by atoms with van der Waals surface area (Å²) in [6.07, 6.45) is 4.06. The highest BCUT2D eigenvalue weighted by Gasteiger charge is 2.26. The molecule has 1 saturated heterocycles. The number of hydrogen-bond acceptors (Lipinski definition) is 5. The van der Waals surface area contributed by atoms with Crippen LogP contribution in [0.5, 0.6) is 5.75 Å². The number of aromatic nitrogens is 2. The Kier molecular flexibility index (Phi) is 4.72. The third-order valence-corrected chi connectivity index (χ3v) is 3.92. The molecule has 2 heterocycles. The average molecular weight is 303 g/mol. The van der Waals surface area contributed by atoms with Crippen molar-refractivity contribution >= 4 is 0 Å². The smallest absolute Gasteiger partial charge is 0.143 e. The van der Waals surface area contributed by atoms with Crippen molar-refractivity contribution in [2.75, 3.05) is 26.3 Å². The molecule has 22 heavy (non-hydrogen) atoms. The van der Waals surface area contributed by atoms with Crippen molar-refractivity contribution < 1.29 is 14.9 Å². The molecule has 0 aliphatic carbocycles. The molecule has 0 bridgehead atoms. The van der Waals surface area contributed by atoms with Crippen LogP contribution in [-0.2, 0) is 0 Å². The summed E-state index contributed by atoms with van der Waals surface area (Å²) < 4.78 is 7.62. The lowest BCUT2D eigenvalue weighted by molar-refractivity contribution is 0.0880. The minimum Gasteiger partial charge on any atom is -0.490 e. The molecule has 0 saturated carbocycles. The van der Waals surface area contributed by atoms with Gasteiger partial charge >= 0.3 is 0 Å². The van der Waals surface area contributed by atoms with Gasteiger partial charge < -0.3 is 24.8 Å². The van der Waals surface area contributed by atoms with Crippen LogP contribution in [0.15, 0.2) is 36.7 Å². The molecule has 2 atom stereocenters. The Bertz CT molecular complexity index is 614. The lowest BCUT2D eigenvalue weighted by atomic mass is 10.0. The largest absolute Gasteiger partial charge is 0.490 e. The lowest BCUT2D eigenvalue weighted by Crippen LogP contribution is -2.41. The van der Waals surface area contributed by atoms with Gasteiger partial charge in [0, 0.05) is 18.9 Å². The van der Waals surface area contributed by atoms with Gasteiger partial charge in [-0.3, -0.25) is 0 Å². The molecular weight excluding hydrogens is 282 g/mol. The standard InChI is InChI=1S/C16H21N3O3/c20-9-10-22-15-4-2-1-3-12(15)16-18-7-8-19(16)13-5-6-17-11-14(13)21/h1-4,7-8,13-14,17,20-21H,5-6,9-11H2/t13-,14-/m0/s1. The van der Waals surface area contributed by atoms with Crippen LogP contribution in [0.2, 0.25) is 0 Å². The van der Waals surface area contributed by atoms with Crippen LogP contribution in [0.25, 0.3) is 11.4 Å². The summed E-state index contributed by atoms with van der Waals surface area (Å²) in [6.45, 7) is 1.68. The SMILES string of the molecule is OCCOc1ccccc1-c1nccn1[C@H]1CCNC[C@@H]1O. The van der Waals surface area contributed by atoms with E-state index in [2.05, 4.69) is 10.3 Å². The van der Waals surface area contributed by atoms with Crippen LogP contribution >= 0.6 is 0 Å². The van der Waals surface area contributed by atoms with Crippen molar-refractivity contribution in [2.24, 2.45) is 0 Å². The number of aliphatic hydroxyl groups excluding tert-OH is 2. The van der Waals surface area contributed by atoms with Gasteiger partial charge in [-0.1, -0.05) is 12.1 Å². The number of ether oxygens (including phenoxy) is 1. The third-order valence-electron chi connectivity index (χ3n) is 3.92. The minimum atomic E-state index is -0.438. The van der Waals surface area contributed by atoms with E-state index in [0.717, 1.165) is 24.4 Å². The number of β-amino-alcohol motifs (C(OH)–C–C–N with tert-alkyl or cyclic N) is 1. The normalized spacial score (nSPS) is 21.7. The fourth-order valence-corrected chi connectivity index (χ4v) is 2.87. The number of aliphatic hydroxyl groups is 2. The van der Waals surface area contributed by atoms with Crippen molar-refractivity contribution in [3.8, 4) is 17.1 Å². The fraction of sp³-hybridized carbons (Fsp3) is 0.438. The number of imidazole rings is 1. The molecule has 0 unspecified atom stereocenters. The Labute approximate surface area is 129 Å². The molecule has 6 heteroatoms. The van der Waals surface area contributed by atoms with Crippen LogP contribution in [-0.4, -0.2) is 52.2 Å². The summed E-state index contributed by atoms with van der Waals surface area (Å²) in [7, 11) is 0. The fourth-order valence-electron chi connectivity index (χ4n) is 2.87. The van der Waals surface area contributed by atoms with Crippen molar-refractivity contribution in [1.29, 1.82) is 0 Å². The quantitative estimate of drug-likeness (QED) is 0.762. The topological polar surface area (TPSA) is 79.5 Å². The highest BCUT2D eigenvalue weighted by molar-refractivity contribution is 5.64. The van der Waals surface area contributed by atoms with E-state index < -0.39 is 6.10 Å². The average Bonchev–Trinajstić information content (AvgIpc) is 3.03. The summed E-state index contributed by atoms with van der Waals surface area (Å²) in [5, 5.41) is 22.4. The second-order valence-electron chi connectivity index (χ2n) is 5.35. The van der Waals surface area contributed by atoms with Gasteiger partial charge in [-0.2, -0.15) is 0 Å². The van der Waals surface area contributed by atoms with E-state index in [9.17, 15) is 5.11 Å². The number of piperidine rings is 1. The Morgan fingerprint density at radius 1 is 1.36 bits per heavy atom. The molecule has 0 amide bonds. The van der Waals surface area contributed by atoms with E-state index in [-0.39, 0.29) is 19.3 Å². The molecule has 6 nitrogen and oxygen atoms in total. The number of para-hydroxylation sites is 1. The monoisotopic (exact) mass is 303 g/mol. The van der Waals surface area contributed by atoms with Gasteiger partial charge in [-0.05, 0) is 25.1 Å². The zero-order valence-electron chi connectivity index (χ0n) is 12.4. The van der Waals surface area contributed by atoms with Gasteiger partial charge in [0.25, 0.3) is 0 Å². The van der Waals surface area contributed by atoms with E-state index in [0.29, 0.717) is 12.3 Å². The zero-order chi connectivity index (χ0) is 15.4. The number of benzene rings is 1. The van der Waals surface area contributed by atoms with Crippen LogP contribution < -0.4 is 10.1 Å². The summed E-state index contributed by atoms with van der Waals surface area (Å²) >= 11 is 0. The van der Waals surface area contributed by atoms with Crippen molar-refractivity contribution in [3.05, 3.63) is 36.7 Å². The molecular formula is C16H21N3O3. The van der Waals surface area contributed by atoms with Crippen molar-refractivity contribution in [3.63, 3.8) is 0 Å².